The molecule has 0 unspecified atom stereocenters. The first-order valence-electron chi connectivity index (χ1n) is 6.40. The summed E-state index contributed by atoms with van der Waals surface area (Å²) in [7, 11) is 0. The zero-order valence-electron chi connectivity index (χ0n) is 10.5. The summed E-state index contributed by atoms with van der Waals surface area (Å²) in [5, 5.41) is 3.75. The SMILES string of the molecule is Nc1ncc(Cl)c(Nc2cccc3c2CCCC3)n1. The van der Waals surface area contributed by atoms with Gasteiger partial charge in [-0.15, -0.1) is 0 Å². The Labute approximate surface area is 117 Å². The summed E-state index contributed by atoms with van der Waals surface area (Å²) in [4.78, 5) is 8.00. The monoisotopic (exact) mass is 274 g/mol. The Morgan fingerprint density at radius 1 is 1.21 bits per heavy atom. The van der Waals surface area contributed by atoms with Crippen molar-refractivity contribution in [1.29, 1.82) is 0 Å². The third-order valence-corrected chi connectivity index (χ3v) is 3.69. The first-order chi connectivity index (χ1) is 9.24. The van der Waals surface area contributed by atoms with E-state index >= 15 is 0 Å². The third-order valence-electron chi connectivity index (χ3n) is 3.41. The van der Waals surface area contributed by atoms with E-state index in [2.05, 4.69) is 33.5 Å². The maximum Gasteiger partial charge on any atom is 0.222 e. The molecule has 0 aliphatic heterocycles. The number of aromatic nitrogens is 2. The number of nitrogens with two attached hydrogens (primary N) is 1. The lowest BCUT2D eigenvalue weighted by Crippen LogP contribution is -2.07. The number of halogens is 1. The molecule has 0 radical (unpaired) electrons. The first-order valence-corrected chi connectivity index (χ1v) is 6.77. The van der Waals surface area contributed by atoms with Crippen LogP contribution in [0.15, 0.2) is 24.4 Å². The number of aryl methyl sites for hydroxylation is 1. The number of anilines is 3. The number of nitrogens with one attached hydrogen (secondary N) is 1. The van der Waals surface area contributed by atoms with Crippen molar-refractivity contribution < 1.29 is 0 Å². The third kappa shape index (κ3) is 2.49. The second-order valence-corrected chi connectivity index (χ2v) is 5.11. The van der Waals surface area contributed by atoms with Crippen LogP contribution in [0.4, 0.5) is 17.5 Å². The molecule has 5 heteroatoms. The second kappa shape index (κ2) is 5.05. The van der Waals surface area contributed by atoms with E-state index in [1.165, 1.54) is 30.2 Å². The van der Waals surface area contributed by atoms with Crippen molar-refractivity contribution >= 4 is 29.1 Å². The molecule has 0 fully saturated rings. The first kappa shape index (κ1) is 12.2. The minimum atomic E-state index is 0.219. The van der Waals surface area contributed by atoms with Crippen LogP contribution in [0, 0.1) is 0 Å². The molecule has 3 rings (SSSR count). The molecule has 0 atom stereocenters. The van der Waals surface area contributed by atoms with Gasteiger partial charge in [0, 0.05) is 5.69 Å². The van der Waals surface area contributed by atoms with E-state index < -0.39 is 0 Å². The lowest BCUT2D eigenvalue weighted by molar-refractivity contribution is 0.687. The van der Waals surface area contributed by atoms with Gasteiger partial charge < -0.3 is 11.1 Å². The summed E-state index contributed by atoms with van der Waals surface area (Å²) in [6, 6.07) is 6.30. The number of nitrogens with zero attached hydrogens (tertiary/aromatic N) is 2. The van der Waals surface area contributed by atoms with Gasteiger partial charge in [0.25, 0.3) is 0 Å². The average Bonchev–Trinajstić information content (AvgIpc) is 2.43. The maximum atomic E-state index is 6.09. The zero-order chi connectivity index (χ0) is 13.2. The normalized spacial score (nSPS) is 13.9. The van der Waals surface area contributed by atoms with Crippen molar-refractivity contribution in [2.45, 2.75) is 25.7 Å². The molecule has 1 aromatic heterocycles. The summed E-state index contributed by atoms with van der Waals surface area (Å²) in [5.74, 6) is 0.782. The molecular weight excluding hydrogens is 260 g/mol. The average molecular weight is 275 g/mol. The lowest BCUT2D eigenvalue weighted by atomic mass is 9.90. The molecule has 0 bridgehead atoms. The van der Waals surface area contributed by atoms with Crippen molar-refractivity contribution in [2.75, 3.05) is 11.1 Å². The van der Waals surface area contributed by atoms with Crippen LogP contribution in [0.25, 0.3) is 0 Å². The van der Waals surface area contributed by atoms with Crippen LogP contribution in [-0.2, 0) is 12.8 Å². The number of hydrogen-bond donors (Lipinski definition) is 2. The van der Waals surface area contributed by atoms with Crippen LogP contribution in [0.2, 0.25) is 5.02 Å². The smallest absolute Gasteiger partial charge is 0.222 e. The number of benzene rings is 1. The largest absolute Gasteiger partial charge is 0.368 e. The number of nitrogen functional groups attached to an aromatic ring is 1. The van der Waals surface area contributed by atoms with E-state index in [4.69, 9.17) is 17.3 Å². The molecule has 3 N–H and O–H groups in total. The Morgan fingerprint density at radius 2 is 2.05 bits per heavy atom. The van der Waals surface area contributed by atoms with Gasteiger partial charge in [-0.3, -0.25) is 0 Å². The number of fused-ring (bicyclic) bond motifs is 1. The molecule has 0 amide bonds. The van der Waals surface area contributed by atoms with Crippen LogP contribution in [0.5, 0.6) is 0 Å². The van der Waals surface area contributed by atoms with E-state index in [0.717, 1.165) is 18.5 Å². The summed E-state index contributed by atoms with van der Waals surface area (Å²) < 4.78 is 0. The molecule has 98 valence electrons. The van der Waals surface area contributed by atoms with Crippen LogP contribution < -0.4 is 11.1 Å². The van der Waals surface area contributed by atoms with Crippen LogP contribution in [0.3, 0.4) is 0 Å². The molecule has 1 aromatic carbocycles. The molecule has 1 aliphatic carbocycles. The molecular formula is C14H15ClN4. The molecule has 19 heavy (non-hydrogen) atoms. The van der Waals surface area contributed by atoms with Crippen LogP contribution >= 0.6 is 11.6 Å². The topological polar surface area (TPSA) is 63.8 Å². The quantitative estimate of drug-likeness (QED) is 0.882. The summed E-state index contributed by atoms with van der Waals surface area (Å²) in [5.41, 5.74) is 9.44. The van der Waals surface area contributed by atoms with Gasteiger partial charge in [0.2, 0.25) is 5.95 Å². The molecule has 4 nitrogen and oxygen atoms in total. The minimum absolute atomic E-state index is 0.219. The predicted octanol–water partition coefficient (Wildman–Crippen LogP) is 3.33. The summed E-state index contributed by atoms with van der Waals surface area (Å²) >= 11 is 6.09. The highest BCUT2D eigenvalue weighted by atomic mass is 35.5. The standard InChI is InChI=1S/C14H15ClN4/c15-11-8-17-14(16)19-13(11)18-12-7-3-5-9-4-1-2-6-10(9)12/h3,5,7-8H,1-2,4,6H2,(H3,16,17,18,19). The van der Waals surface area contributed by atoms with Crippen LogP contribution in [0.1, 0.15) is 24.0 Å². The highest BCUT2D eigenvalue weighted by molar-refractivity contribution is 6.32. The van der Waals surface area contributed by atoms with Crippen molar-refractivity contribution in [3.8, 4) is 0 Å². The van der Waals surface area contributed by atoms with E-state index in [-0.39, 0.29) is 5.95 Å². The Morgan fingerprint density at radius 3 is 2.95 bits per heavy atom. The van der Waals surface area contributed by atoms with E-state index in [1.54, 1.807) is 0 Å². The molecule has 2 aromatic rings. The van der Waals surface area contributed by atoms with Crippen molar-refractivity contribution in [1.82, 2.24) is 9.97 Å². The van der Waals surface area contributed by atoms with Gasteiger partial charge in [-0.2, -0.15) is 4.98 Å². The molecule has 1 aliphatic rings. The fourth-order valence-corrected chi connectivity index (χ4v) is 2.63. The summed E-state index contributed by atoms with van der Waals surface area (Å²) in [6.07, 6.45) is 6.24. The van der Waals surface area contributed by atoms with Gasteiger partial charge in [-0.1, -0.05) is 23.7 Å². The van der Waals surface area contributed by atoms with E-state index in [9.17, 15) is 0 Å². The van der Waals surface area contributed by atoms with E-state index in [0.29, 0.717) is 10.8 Å². The Hall–Kier alpha value is -1.81. The van der Waals surface area contributed by atoms with E-state index in [1.807, 2.05) is 0 Å². The Bertz CT molecular complexity index is 612. The number of rotatable bonds is 2. The lowest BCUT2D eigenvalue weighted by Gasteiger charge is -2.20. The fraction of sp³-hybridized carbons (Fsp3) is 0.286. The van der Waals surface area contributed by atoms with Gasteiger partial charge in [0.05, 0.1) is 6.20 Å². The minimum Gasteiger partial charge on any atom is -0.368 e. The Kier molecular flexibility index (Phi) is 3.25. The van der Waals surface area contributed by atoms with Gasteiger partial charge in [0.15, 0.2) is 5.82 Å². The highest BCUT2D eigenvalue weighted by Crippen LogP contribution is 2.31. The molecule has 0 spiro atoms. The molecule has 1 heterocycles. The van der Waals surface area contributed by atoms with Crippen molar-refractivity contribution in [2.24, 2.45) is 0 Å². The summed E-state index contributed by atoms with van der Waals surface area (Å²) in [6.45, 7) is 0. The molecule has 0 saturated heterocycles. The van der Waals surface area contributed by atoms with Gasteiger partial charge >= 0.3 is 0 Å². The number of hydrogen-bond acceptors (Lipinski definition) is 4. The van der Waals surface area contributed by atoms with Gasteiger partial charge in [-0.05, 0) is 42.9 Å². The van der Waals surface area contributed by atoms with Crippen molar-refractivity contribution in [3.63, 3.8) is 0 Å². The predicted molar refractivity (Wildman–Crippen MR) is 77.8 cm³/mol. The second-order valence-electron chi connectivity index (χ2n) is 4.70. The Balaban J connectivity index is 1.97. The highest BCUT2D eigenvalue weighted by Gasteiger charge is 2.14. The molecule has 0 saturated carbocycles. The van der Waals surface area contributed by atoms with Crippen molar-refractivity contribution in [3.05, 3.63) is 40.5 Å². The maximum absolute atomic E-state index is 6.09. The van der Waals surface area contributed by atoms with Gasteiger partial charge in [0.1, 0.15) is 5.02 Å². The fourth-order valence-electron chi connectivity index (χ4n) is 2.49. The van der Waals surface area contributed by atoms with Crippen LogP contribution in [-0.4, -0.2) is 9.97 Å². The van der Waals surface area contributed by atoms with Gasteiger partial charge in [-0.25, -0.2) is 4.98 Å². The zero-order valence-corrected chi connectivity index (χ0v) is 11.2.